The number of carbonyl (C=O) groups is 2. The number of nitrogens with zero attached hydrogens (tertiary/aromatic N) is 2. The van der Waals surface area contributed by atoms with Gasteiger partial charge < -0.3 is 15.1 Å². The van der Waals surface area contributed by atoms with Crippen LogP contribution in [0.3, 0.4) is 0 Å². The van der Waals surface area contributed by atoms with Crippen molar-refractivity contribution in [1.29, 1.82) is 0 Å². The van der Waals surface area contributed by atoms with Gasteiger partial charge in [-0.3, -0.25) is 9.59 Å². The minimum Gasteiger partial charge on any atom is -0.368 e. The van der Waals surface area contributed by atoms with E-state index in [1.54, 1.807) is 0 Å². The standard InChI is InChI=1S/C24H29N3O2/c1-17-6-4-8-20(16-17)25-22(28)24(10-11-24)23(29)27-14-12-26(13-15-27)21-9-5-7-18(2)19(21)3/h4-9,16H,10-15H2,1-3H3,(H,25,28). The van der Waals surface area contributed by atoms with E-state index in [1.165, 1.54) is 16.8 Å². The lowest BCUT2D eigenvalue weighted by Gasteiger charge is -2.38. The van der Waals surface area contributed by atoms with Gasteiger partial charge in [0.2, 0.25) is 11.8 Å². The summed E-state index contributed by atoms with van der Waals surface area (Å²) in [7, 11) is 0. The summed E-state index contributed by atoms with van der Waals surface area (Å²) in [5.74, 6) is -0.173. The first kappa shape index (κ1) is 19.5. The molecule has 5 heteroatoms. The molecule has 5 nitrogen and oxygen atoms in total. The summed E-state index contributed by atoms with van der Waals surface area (Å²) in [5.41, 5.74) is 4.80. The van der Waals surface area contributed by atoms with Crippen LogP contribution in [0, 0.1) is 26.2 Å². The number of benzene rings is 2. The normalized spacial score (nSPS) is 17.8. The lowest BCUT2D eigenvalue weighted by molar-refractivity contribution is -0.142. The maximum Gasteiger partial charge on any atom is 0.240 e. The zero-order valence-electron chi connectivity index (χ0n) is 17.5. The lowest BCUT2D eigenvalue weighted by Crippen LogP contribution is -2.52. The quantitative estimate of drug-likeness (QED) is 0.809. The molecule has 4 rings (SSSR count). The predicted molar refractivity (Wildman–Crippen MR) is 116 cm³/mol. The molecule has 2 fully saturated rings. The Balaban J connectivity index is 1.40. The Morgan fingerprint density at radius 1 is 0.931 bits per heavy atom. The van der Waals surface area contributed by atoms with Crippen molar-refractivity contribution < 1.29 is 9.59 Å². The molecule has 0 unspecified atom stereocenters. The van der Waals surface area contributed by atoms with Crippen LogP contribution < -0.4 is 10.2 Å². The third-order valence-corrected chi connectivity index (χ3v) is 6.35. The van der Waals surface area contributed by atoms with Crippen molar-refractivity contribution in [2.75, 3.05) is 36.4 Å². The molecule has 0 atom stereocenters. The monoisotopic (exact) mass is 391 g/mol. The van der Waals surface area contributed by atoms with Crippen molar-refractivity contribution in [3.63, 3.8) is 0 Å². The number of anilines is 2. The number of nitrogens with one attached hydrogen (secondary N) is 1. The first-order valence-electron chi connectivity index (χ1n) is 10.4. The summed E-state index contributed by atoms with van der Waals surface area (Å²) in [6.07, 6.45) is 1.28. The van der Waals surface area contributed by atoms with E-state index in [4.69, 9.17) is 0 Å². The van der Waals surface area contributed by atoms with Gasteiger partial charge in [-0.1, -0.05) is 24.3 Å². The maximum atomic E-state index is 13.2. The zero-order valence-corrected chi connectivity index (χ0v) is 17.5. The Labute approximate surface area is 172 Å². The molecule has 152 valence electrons. The van der Waals surface area contributed by atoms with E-state index in [1.807, 2.05) is 36.1 Å². The first-order valence-corrected chi connectivity index (χ1v) is 10.4. The van der Waals surface area contributed by atoms with Gasteiger partial charge in [0.25, 0.3) is 0 Å². The van der Waals surface area contributed by atoms with E-state index in [0.29, 0.717) is 25.9 Å². The fourth-order valence-electron chi connectivity index (χ4n) is 4.17. The van der Waals surface area contributed by atoms with Gasteiger partial charge in [0.05, 0.1) is 0 Å². The molecule has 0 aromatic heterocycles. The van der Waals surface area contributed by atoms with Gasteiger partial charge in [0.15, 0.2) is 0 Å². The van der Waals surface area contributed by atoms with Crippen LogP contribution in [0.15, 0.2) is 42.5 Å². The average Bonchev–Trinajstić information content (AvgIpc) is 3.52. The molecule has 0 bridgehead atoms. The number of piperazine rings is 1. The van der Waals surface area contributed by atoms with Gasteiger partial charge in [-0.05, 0) is 68.5 Å². The number of aryl methyl sites for hydroxylation is 2. The Bertz CT molecular complexity index is 941. The molecule has 1 N–H and O–H groups in total. The van der Waals surface area contributed by atoms with Gasteiger partial charge in [-0.15, -0.1) is 0 Å². The third-order valence-electron chi connectivity index (χ3n) is 6.35. The second kappa shape index (κ2) is 7.54. The van der Waals surface area contributed by atoms with Crippen LogP contribution in [0.1, 0.15) is 29.5 Å². The third kappa shape index (κ3) is 3.74. The molecule has 0 radical (unpaired) electrons. The highest BCUT2D eigenvalue weighted by Gasteiger charge is 2.58. The SMILES string of the molecule is Cc1cccc(NC(=O)C2(C(=O)N3CCN(c4cccc(C)c4C)CC3)CC2)c1. The summed E-state index contributed by atoms with van der Waals surface area (Å²) < 4.78 is 0. The van der Waals surface area contributed by atoms with Crippen molar-refractivity contribution in [1.82, 2.24) is 4.90 Å². The van der Waals surface area contributed by atoms with Gasteiger partial charge in [0, 0.05) is 37.6 Å². The largest absolute Gasteiger partial charge is 0.368 e. The van der Waals surface area contributed by atoms with Crippen LogP contribution in [-0.4, -0.2) is 42.9 Å². The molecule has 0 spiro atoms. The number of amides is 2. The van der Waals surface area contributed by atoms with Crippen LogP contribution in [0.25, 0.3) is 0 Å². The average molecular weight is 392 g/mol. The Morgan fingerprint density at radius 2 is 1.62 bits per heavy atom. The van der Waals surface area contributed by atoms with Gasteiger partial charge in [-0.2, -0.15) is 0 Å². The minimum absolute atomic E-state index is 0.0109. The highest BCUT2D eigenvalue weighted by molar-refractivity contribution is 6.13. The molecule has 1 saturated heterocycles. The fraction of sp³-hybridized carbons (Fsp3) is 0.417. The second-order valence-electron chi connectivity index (χ2n) is 8.40. The van der Waals surface area contributed by atoms with Crippen molar-refractivity contribution in [2.45, 2.75) is 33.6 Å². The van der Waals surface area contributed by atoms with Crippen molar-refractivity contribution in [3.05, 3.63) is 59.2 Å². The predicted octanol–water partition coefficient (Wildman–Crippen LogP) is 3.68. The smallest absolute Gasteiger partial charge is 0.240 e. The molecule has 2 aromatic carbocycles. The highest BCUT2D eigenvalue weighted by Crippen LogP contribution is 2.48. The molecule has 2 aromatic rings. The summed E-state index contributed by atoms with van der Waals surface area (Å²) in [6, 6.07) is 14.1. The van der Waals surface area contributed by atoms with Crippen LogP contribution >= 0.6 is 0 Å². The maximum absolute atomic E-state index is 13.2. The fourth-order valence-corrected chi connectivity index (χ4v) is 4.17. The van der Waals surface area contributed by atoms with Gasteiger partial charge >= 0.3 is 0 Å². The summed E-state index contributed by atoms with van der Waals surface area (Å²) >= 11 is 0. The van der Waals surface area contributed by atoms with E-state index in [9.17, 15) is 9.59 Å². The summed E-state index contributed by atoms with van der Waals surface area (Å²) in [5, 5.41) is 2.96. The molecule has 2 amide bonds. The molecular formula is C24H29N3O2. The highest BCUT2D eigenvalue weighted by atomic mass is 16.2. The molecule has 1 heterocycles. The van der Waals surface area contributed by atoms with E-state index >= 15 is 0 Å². The molecule has 2 aliphatic rings. The van der Waals surface area contributed by atoms with Gasteiger partial charge in [-0.25, -0.2) is 0 Å². The second-order valence-corrected chi connectivity index (χ2v) is 8.40. The minimum atomic E-state index is -0.870. The molecule has 29 heavy (non-hydrogen) atoms. The Morgan fingerprint density at radius 3 is 2.28 bits per heavy atom. The van der Waals surface area contributed by atoms with Gasteiger partial charge in [0.1, 0.15) is 5.41 Å². The van der Waals surface area contributed by atoms with Crippen LogP contribution in [-0.2, 0) is 9.59 Å². The molecular weight excluding hydrogens is 362 g/mol. The molecule has 1 saturated carbocycles. The van der Waals surface area contributed by atoms with E-state index in [-0.39, 0.29) is 11.8 Å². The number of rotatable bonds is 4. The van der Waals surface area contributed by atoms with E-state index in [0.717, 1.165) is 24.3 Å². The van der Waals surface area contributed by atoms with Crippen LogP contribution in [0.2, 0.25) is 0 Å². The lowest BCUT2D eigenvalue weighted by atomic mass is 10.0. The molecule has 1 aliphatic heterocycles. The van der Waals surface area contributed by atoms with Crippen molar-refractivity contribution >= 4 is 23.2 Å². The van der Waals surface area contributed by atoms with E-state index < -0.39 is 5.41 Å². The molecule has 1 aliphatic carbocycles. The van der Waals surface area contributed by atoms with Crippen molar-refractivity contribution in [2.24, 2.45) is 5.41 Å². The summed E-state index contributed by atoms with van der Waals surface area (Å²) in [6.45, 7) is 9.18. The number of hydrogen-bond acceptors (Lipinski definition) is 3. The summed E-state index contributed by atoms with van der Waals surface area (Å²) in [4.78, 5) is 30.3. The number of hydrogen-bond donors (Lipinski definition) is 1. The Hall–Kier alpha value is -2.82. The van der Waals surface area contributed by atoms with Crippen LogP contribution in [0.5, 0.6) is 0 Å². The van der Waals surface area contributed by atoms with E-state index in [2.05, 4.69) is 42.3 Å². The van der Waals surface area contributed by atoms with Crippen LogP contribution in [0.4, 0.5) is 11.4 Å². The Kier molecular flexibility index (Phi) is 5.07. The topological polar surface area (TPSA) is 52.7 Å². The first-order chi connectivity index (χ1) is 13.9. The van der Waals surface area contributed by atoms with Crippen molar-refractivity contribution in [3.8, 4) is 0 Å². The number of carbonyl (C=O) groups excluding carboxylic acids is 2. The zero-order chi connectivity index (χ0) is 20.6.